The Morgan fingerprint density at radius 1 is 1.29 bits per heavy atom. The Bertz CT molecular complexity index is 892. The van der Waals surface area contributed by atoms with Crippen LogP contribution in [0.4, 0.5) is 5.82 Å². The zero-order valence-electron chi connectivity index (χ0n) is 13.2. The van der Waals surface area contributed by atoms with Crippen LogP contribution in [0.1, 0.15) is 6.23 Å². The van der Waals surface area contributed by atoms with E-state index in [9.17, 15) is 15.3 Å². The van der Waals surface area contributed by atoms with Crippen LogP contribution in [0.2, 0.25) is 0 Å². The molecule has 0 bridgehead atoms. The van der Waals surface area contributed by atoms with Crippen LogP contribution in [-0.2, 0) is 4.74 Å². The molecule has 4 atom stereocenters. The molecule has 0 amide bonds. The van der Waals surface area contributed by atoms with Gasteiger partial charge in [0.25, 0.3) is 0 Å². The van der Waals surface area contributed by atoms with Crippen LogP contribution >= 0.6 is 11.3 Å². The van der Waals surface area contributed by atoms with E-state index in [4.69, 9.17) is 4.74 Å². The third-order valence-corrected chi connectivity index (χ3v) is 5.28. The third kappa shape index (κ3) is 2.06. The lowest BCUT2D eigenvalue weighted by atomic mass is 10.1. The Kier molecular flexibility index (Phi) is 3.70. The SMILES string of the molecule is CN(C)c1ncnc2c1c1ccsc1n2[C@@H]1O[C@H](CO)[C@@H](O)[C@H]1O. The van der Waals surface area contributed by atoms with E-state index in [1.165, 1.54) is 17.7 Å². The molecule has 9 heteroatoms. The second-order valence-corrected chi connectivity index (χ2v) is 6.92. The summed E-state index contributed by atoms with van der Waals surface area (Å²) in [6.07, 6.45) is -2.48. The molecular weight excluding hydrogens is 332 g/mol. The van der Waals surface area contributed by atoms with Gasteiger partial charge in [-0.15, -0.1) is 11.3 Å². The van der Waals surface area contributed by atoms with Crippen LogP contribution in [0.3, 0.4) is 0 Å². The minimum absolute atomic E-state index is 0.362. The molecule has 1 aliphatic rings. The van der Waals surface area contributed by atoms with Crippen molar-refractivity contribution in [2.24, 2.45) is 0 Å². The Labute approximate surface area is 141 Å². The van der Waals surface area contributed by atoms with Crippen molar-refractivity contribution in [3.8, 4) is 0 Å². The van der Waals surface area contributed by atoms with Gasteiger partial charge in [-0.1, -0.05) is 0 Å². The quantitative estimate of drug-likeness (QED) is 0.625. The summed E-state index contributed by atoms with van der Waals surface area (Å²) in [6.45, 7) is -0.362. The van der Waals surface area contributed by atoms with E-state index < -0.39 is 24.5 Å². The maximum atomic E-state index is 10.4. The molecule has 128 valence electrons. The smallest absolute Gasteiger partial charge is 0.165 e. The summed E-state index contributed by atoms with van der Waals surface area (Å²) in [7, 11) is 3.81. The molecule has 0 unspecified atom stereocenters. The fraction of sp³-hybridized carbons (Fsp3) is 0.467. The number of ether oxygens (including phenoxy) is 1. The number of nitrogens with zero attached hydrogens (tertiary/aromatic N) is 4. The van der Waals surface area contributed by atoms with Crippen molar-refractivity contribution in [1.29, 1.82) is 0 Å². The second kappa shape index (κ2) is 5.64. The van der Waals surface area contributed by atoms with Crippen molar-refractivity contribution in [2.45, 2.75) is 24.5 Å². The molecule has 0 aromatic carbocycles. The Hall–Kier alpha value is -1.78. The van der Waals surface area contributed by atoms with Crippen LogP contribution in [0.25, 0.3) is 21.3 Å². The highest BCUT2D eigenvalue weighted by Gasteiger charge is 2.44. The zero-order chi connectivity index (χ0) is 17.0. The maximum absolute atomic E-state index is 10.4. The summed E-state index contributed by atoms with van der Waals surface area (Å²) in [5.41, 5.74) is 0.630. The Morgan fingerprint density at radius 3 is 2.75 bits per heavy atom. The standard InChI is InChI=1S/C15H18N4O4S/c1-18(2)12-9-7-3-4-24-15(7)19(13(9)17-6-16-12)14-11(22)10(21)8(5-20)23-14/h3-4,6,8,10-11,14,20-22H,5H2,1-2H3/t8-,10-,11-,14-/m1/s1. The number of thiophene rings is 1. The van der Waals surface area contributed by atoms with Crippen LogP contribution < -0.4 is 4.90 Å². The van der Waals surface area contributed by atoms with Crippen LogP contribution in [0.15, 0.2) is 17.8 Å². The predicted octanol–water partition coefficient (Wildman–Crippen LogP) is 0.323. The molecule has 3 N–H and O–H groups in total. The minimum atomic E-state index is -1.15. The first kappa shape index (κ1) is 15.7. The molecule has 1 saturated heterocycles. The normalized spacial score (nSPS) is 27.4. The third-order valence-electron chi connectivity index (χ3n) is 4.36. The van der Waals surface area contributed by atoms with Gasteiger partial charge in [-0.05, 0) is 11.4 Å². The van der Waals surface area contributed by atoms with Gasteiger partial charge in [-0.3, -0.25) is 4.57 Å². The topological polar surface area (TPSA) is 104 Å². The lowest BCUT2D eigenvalue weighted by Gasteiger charge is -2.18. The molecule has 0 radical (unpaired) electrons. The molecule has 8 nitrogen and oxygen atoms in total. The summed E-state index contributed by atoms with van der Waals surface area (Å²) < 4.78 is 7.50. The minimum Gasteiger partial charge on any atom is -0.394 e. The van der Waals surface area contributed by atoms with Gasteiger partial charge in [0.2, 0.25) is 0 Å². The van der Waals surface area contributed by atoms with Gasteiger partial charge in [0, 0.05) is 19.5 Å². The van der Waals surface area contributed by atoms with Crippen molar-refractivity contribution in [2.75, 3.05) is 25.6 Å². The zero-order valence-corrected chi connectivity index (χ0v) is 14.0. The van der Waals surface area contributed by atoms with E-state index in [2.05, 4.69) is 9.97 Å². The van der Waals surface area contributed by atoms with E-state index in [0.29, 0.717) is 5.65 Å². The Morgan fingerprint density at radius 2 is 2.08 bits per heavy atom. The number of aliphatic hydroxyl groups excluding tert-OH is 3. The van der Waals surface area contributed by atoms with E-state index in [1.54, 1.807) is 4.57 Å². The van der Waals surface area contributed by atoms with Crippen LogP contribution in [-0.4, -0.2) is 68.9 Å². The summed E-state index contributed by atoms with van der Waals surface area (Å²) in [5.74, 6) is 0.772. The highest BCUT2D eigenvalue weighted by atomic mass is 32.1. The van der Waals surface area contributed by atoms with E-state index >= 15 is 0 Å². The molecule has 0 saturated carbocycles. The lowest BCUT2D eigenvalue weighted by molar-refractivity contribution is -0.0488. The van der Waals surface area contributed by atoms with Crippen molar-refractivity contribution in [3.05, 3.63) is 17.8 Å². The first-order valence-corrected chi connectivity index (χ1v) is 8.44. The van der Waals surface area contributed by atoms with Gasteiger partial charge in [0.15, 0.2) is 6.23 Å². The molecule has 4 heterocycles. The number of aromatic nitrogens is 3. The highest BCUT2D eigenvalue weighted by molar-refractivity contribution is 7.17. The number of hydrogen-bond donors (Lipinski definition) is 3. The van der Waals surface area contributed by atoms with Crippen molar-refractivity contribution >= 4 is 38.4 Å². The monoisotopic (exact) mass is 350 g/mol. The number of anilines is 1. The number of fused-ring (bicyclic) bond motifs is 3. The van der Waals surface area contributed by atoms with Gasteiger partial charge in [0.05, 0.1) is 12.0 Å². The van der Waals surface area contributed by atoms with Crippen molar-refractivity contribution < 1.29 is 20.1 Å². The molecule has 24 heavy (non-hydrogen) atoms. The first-order valence-electron chi connectivity index (χ1n) is 7.56. The van der Waals surface area contributed by atoms with Gasteiger partial charge in [-0.2, -0.15) is 0 Å². The van der Waals surface area contributed by atoms with E-state index in [0.717, 1.165) is 21.4 Å². The molecule has 1 aliphatic heterocycles. The number of hydrogen-bond acceptors (Lipinski definition) is 8. The molecule has 4 rings (SSSR count). The molecule has 0 spiro atoms. The Balaban J connectivity index is 1.98. The summed E-state index contributed by atoms with van der Waals surface area (Å²) in [5, 5.41) is 33.6. The van der Waals surface area contributed by atoms with Gasteiger partial charge >= 0.3 is 0 Å². The predicted molar refractivity (Wildman–Crippen MR) is 90.2 cm³/mol. The fourth-order valence-electron chi connectivity index (χ4n) is 3.23. The summed E-state index contributed by atoms with van der Waals surface area (Å²) >= 11 is 1.50. The highest BCUT2D eigenvalue weighted by Crippen LogP contribution is 2.41. The van der Waals surface area contributed by atoms with Crippen LogP contribution in [0, 0.1) is 0 Å². The van der Waals surface area contributed by atoms with Gasteiger partial charge < -0.3 is 25.0 Å². The number of aliphatic hydroxyl groups is 3. The van der Waals surface area contributed by atoms with Crippen LogP contribution in [0.5, 0.6) is 0 Å². The van der Waals surface area contributed by atoms with Gasteiger partial charge in [-0.25, -0.2) is 9.97 Å². The molecule has 1 fully saturated rings. The lowest BCUT2D eigenvalue weighted by Crippen LogP contribution is -2.33. The summed E-state index contributed by atoms with van der Waals surface area (Å²) in [4.78, 5) is 11.5. The average molecular weight is 350 g/mol. The largest absolute Gasteiger partial charge is 0.394 e. The molecular formula is C15H18N4O4S. The second-order valence-electron chi connectivity index (χ2n) is 6.03. The fourth-order valence-corrected chi connectivity index (χ4v) is 4.17. The number of rotatable bonds is 3. The molecule has 3 aromatic heterocycles. The first-order chi connectivity index (χ1) is 11.5. The van der Waals surface area contributed by atoms with Crippen molar-refractivity contribution in [1.82, 2.24) is 14.5 Å². The molecule has 0 aliphatic carbocycles. The van der Waals surface area contributed by atoms with Crippen molar-refractivity contribution in [3.63, 3.8) is 0 Å². The summed E-state index contributed by atoms with van der Waals surface area (Å²) in [6, 6.07) is 1.98. The van der Waals surface area contributed by atoms with E-state index in [-0.39, 0.29) is 6.61 Å². The average Bonchev–Trinajstić information content (AvgIpc) is 3.22. The van der Waals surface area contributed by atoms with Gasteiger partial charge in [0.1, 0.15) is 40.9 Å². The maximum Gasteiger partial charge on any atom is 0.165 e. The van der Waals surface area contributed by atoms with E-state index in [1.807, 2.05) is 30.4 Å². The molecule has 3 aromatic rings.